The second kappa shape index (κ2) is 10.4. The zero-order valence-corrected chi connectivity index (χ0v) is 22.2. The largest absolute Gasteiger partial charge is 0.507 e. The third kappa shape index (κ3) is 4.49. The predicted molar refractivity (Wildman–Crippen MR) is 147 cm³/mol. The number of Topliss-reactive ketones (excluding diaryl/α,β-unsaturated/α-hetero) is 1. The number of hydrogen-bond donors (Lipinski definition) is 1. The number of hydrogen-bond acceptors (Lipinski definition) is 4. The normalized spacial score (nSPS) is 17.1. The molecule has 0 aliphatic carbocycles. The fourth-order valence-corrected chi connectivity index (χ4v) is 4.95. The molecule has 4 rings (SSSR count). The van der Waals surface area contributed by atoms with Crippen LogP contribution < -0.4 is 9.80 Å². The average molecular weight is 523 g/mol. The smallest absolute Gasteiger partial charge is 0.300 e. The summed E-state index contributed by atoms with van der Waals surface area (Å²) in [6.45, 7) is 9.76. The van der Waals surface area contributed by atoms with Gasteiger partial charge in [-0.1, -0.05) is 47.5 Å². The molecule has 36 heavy (non-hydrogen) atoms. The molecule has 3 aromatic carbocycles. The summed E-state index contributed by atoms with van der Waals surface area (Å²) in [6, 6.07) is 17.2. The number of amides is 1. The van der Waals surface area contributed by atoms with Gasteiger partial charge in [-0.05, 0) is 80.8 Å². The first-order valence-electron chi connectivity index (χ1n) is 11.9. The van der Waals surface area contributed by atoms with Gasteiger partial charge in [0.15, 0.2) is 0 Å². The molecule has 0 aromatic heterocycles. The SMILES string of the molecule is CCN(CC)c1ccc(C2/C(=C(\O)c3ccc(Cl)c(Cl)c3)C(=O)C(=O)N2c2cccc(C)c2C)cc1. The Kier molecular flexibility index (Phi) is 7.43. The number of benzene rings is 3. The van der Waals surface area contributed by atoms with Crippen molar-refractivity contribution in [3.05, 3.63) is 98.5 Å². The van der Waals surface area contributed by atoms with Gasteiger partial charge in [0.2, 0.25) is 0 Å². The van der Waals surface area contributed by atoms with Crippen LogP contribution in [-0.4, -0.2) is 29.9 Å². The highest BCUT2D eigenvalue weighted by atomic mass is 35.5. The van der Waals surface area contributed by atoms with Gasteiger partial charge in [-0.25, -0.2) is 0 Å². The number of rotatable bonds is 6. The quantitative estimate of drug-likeness (QED) is 0.213. The molecule has 1 N–H and O–H groups in total. The van der Waals surface area contributed by atoms with Crippen LogP contribution in [0.15, 0.2) is 66.2 Å². The summed E-state index contributed by atoms with van der Waals surface area (Å²) in [5.74, 6) is -1.74. The van der Waals surface area contributed by atoms with Gasteiger partial charge in [0.05, 0.1) is 21.7 Å². The Morgan fingerprint density at radius 2 is 1.61 bits per heavy atom. The molecule has 7 heteroatoms. The molecule has 186 valence electrons. The summed E-state index contributed by atoms with van der Waals surface area (Å²) in [5.41, 5.74) is 4.59. The molecule has 1 aliphatic rings. The van der Waals surface area contributed by atoms with Crippen LogP contribution in [0.4, 0.5) is 11.4 Å². The zero-order valence-electron chi connectivity index (χ0n) is 20.7. The third-order valence-electron chi connectivity index (χ3n) is 6.81. The van der Waals surface area contributed by atoms with E-state index in [0.29, 0.717) is 21.8 Å². The Morgan fingerprint density at radius 3 is 2.22 bits per heavy atom. The summed E-state index contributed by atoms with van der Waals surface area (Å²) in [4.78, 5) is 30.6. The number of carbonyl (C=O) groups is 2. The van der Waals surface area contributed by atoms with E-state index in [2.05, 4.69) is 18.7 Å². The fraction of sp³-hybridized carbons (Fsp3) is 0.241. The first-order chi connectivity index (χ1) is 17.2. The lowest BCUT2D eigenvalue weighted by Gasteiger charge is -2.28. The molecule has 0 bridgehead atoms. The lowest BCUT2D eigenvalue weighted by molar-refractivity contribution is -0.132. The van der Waals surface area contributed by atoms with E-state index >= 15 is 0 Å². The minimum Gasteiger partial charge on any atom is -0.507 e. The number of nitrogens with zero attached hydrogens (tertiary/aromatic N) is 2. The Morgan fingerprint density at radius 1 is 0.944 bits per heavy atom. The van der Waals surface area contributed by atoms with Crippen molar-refractivity contribution >= 4 is 52.0 Å². The van der Waals surface area contributed by atoms with Crippen molar-refractivity contribution < 1.29 is 14.7 Å². The first-order valence-corrected chi connectivity index (χ1v) is 12.6. The van der Waals surface area contributed by atoms with E-state index in [-0.39, 0.29) is 16.4 Å². The second-order valence-corrected chi connectivity index (χ2v) is 9.60. The van der Waals surface area contributed by atoms with Crippen molar-refractivity contribution in [2.24, 2.45) is 0 Å². The third-order valence-corrected chi connectivity index (χ3v) is 7.55. The van der Waals surface area contributed by atoms with Crippen LogP contribution in [0.5, 0.6) is 0 Å². The lowest BCUT2D eigenvalue weighted by atomic mass is 9.94. The lowest BCUT2D eigenvalue weighted by Crippen LogP contribution is -2.30. The molecule has 0 radical (unpaired) electrons. The van der Waals surface area contributed by atoms with E-state index in [1.807, 2.05) is 56.3 Å². The van der Waals surface area contributed by atoms with Gasteiger partial charge >= 0.3 is 0 Å². The minimum atomic E-state index is -0.814. The van der Waals surface area contributed by atoms with Crippen molar-refractivity contribution in [3.8, 4) is 0 Å². The van der Waals surface area contributed by atoms with Crippen LogP contribution in [0.1, 0.15) is 42.1 Å². The topological polar surface area (TPSA) is 60.9 Å². The number of aliphatic hydroxyl groups is 1. The molecule has 1 unspecified atom stereocenters. The Labute approximate surface area is 221 Å². The van der Waals surface area contributed by atoms with Crippen LogP contribution in [0, 0.1) is 13.8 Å². The first kappa shape index (κ1) is 25.8. The Hall–Kier alpha value is -3.28. The summed E-state index contributed by atoms with van der Waals surface area (Å²) >= 11 is 12.2. The van der Waals surface area contributed by atoms with Gasteiger partial charge < -0.3 is 10.0 Å². The zero-order chi connectivity index (χ0) is 26.1. The Balaban J connectivity index is 1.94. The maximum atomic E-state index is 13.5. The highest BCUT2D eigenvalue weighted by Gasteiger charge is 2.47. The number of carbonyl (C=O) groups excluding carboxylic acids is 2. The fourth-order valence-electron chi connectivity index (χ4n) is 4.65. The molecular formula is C29H28Cl2N2O3. The van der Waals surface area contributed by atoms with Crippen molar-refractivity contribution in [1.82, 2.24) is 0 Å². The molecule has 5 nitrogen and oxygen atoms in total. The second-order valence-electron chi connectivity index (χ2n) is 8.78. The molecular weight excluding hydrogens is 495 g/mol. The molecule has 1 fully saturated rings. The van der Waals surface area contributed by atoms with Crippen LogP contribution in [0.2, 0.25) is 10.0 Å². The molecule has 1 saturated heterocycles. The van der Waals surface area contributed by atoms with E-state index in [9.17, 15) is 14.7 Å². The van der Waals surface area contributed by atoms with E-state index in [0.717, 1.165) is 29.9 Å². The monoisotopic (exact) mass is 522 g/mol. The number of anilines is 2. The van der Waals surface area contributed by atoms with Gasteiger partial charge in [-0.15, -0.1) is 0 Å². The molecule has 1 amide bonds. The number of aliphatic hydroxyl groups excluding tert-OH is 1. The molecule has 1 atom stereocenters. The molecule has 3 aromatic rings. The molecule has 1 heterocycles. The highest BCUT2D eigenvalue weighted by Crippen LogP contribution is 2.44. The summed E-state index contributed by atoms with van der Waals surface area (Å²) in [5, 5.41) is 11.9. The standard InChI is InChI=1S/C29H28Cl2N2O3/c1-5-32(6-2)21-13-10-19(11-14-21)26-25(27(34)20-12-15-22(30)23(31)16-20)28(35)29(36)33(26)24-9-7-8-17(3)18(24)4/h7-16,26,34H,5-6H2,1-4H3/b27-25+. The molecule has 1 aliphatic heterocycles. The maximum absolute atomic E-state index is 13.5. The summed E-state index contributed by atoms with van der Waals surface area (Å²) in [7, 11) is 0. The van der Waals surface area contributed by atoms with Gasteiger partial charge in [-0.3, -0.25) is 14.5 Å². The van der Waals surface area contributed by atoms with Gasteiger partial charge in [0.25, 0.3) is 11.7 Å². The van der Waals surface area contributed by atoms with Crippen molar-refractivity contribution in [3.63, 3.8) is 0 Å². The van der Waals surface area contributed by atoms with Crippen LogP contribution >= 0.6 is 23.2 Å². The van der Waals surface area contributed by atoms with Crippen molar-refractivity contribution in [2.75, 3.05) is 22.9 Å². The number of aryl methyl sites for hydroxylation is 1. The van der Waals surface area contributed by atoms with Crippen molar-refractivity contribution in [1.29, 1.82) is 0 Å². The van der Waals surface area contributed by atoms with Crippen LogP contribution in [0.3, 0.4) is 0 Å². The minimum absolute atomic E-state index is 0.00915. The van der Waals surface area contributed by atoms with E-state index in [1.165, 1.54) is 11.0 Å². The molecule has 0 spiro atoms. The summed E-state index contributed by atoms with van der Waals surface area (Å²) < 4.78 is 0. The molecule has 0 saturated carbocycles. The maximum Gasteiger partial charge on any atom is 0.300 e. The van der Waals surface area contributed by atoms with Crippen LogP contribution in [0.25, 0.3) is 5.76 Å². The average Bonchev–Trinajstić information content (AvgIpc) is 3.13. The van der Waals surface area contributed by atoms with Crippen molar-refractivity contribution in [2.45, 2.75) is 33.7 Å². The van der Waals surface area contributed by atoms with E-state index in [1.54, 1.807) is 12.1 Å². The summed E-state index contributed by atoms with van der Waals surface area (Å²) in [6.07, 6.45) is 0. The van der Waals surface area contributed by atoms with Gasteiger partial charge in [0.1, 0.15) is 5.76 Å². The number of halogens is 2. The predicted octanol–water partition coefficient (Wildman–Crippen LogP) is 7.08. The Bertz CT molecular complexity index is 1360. The van der Waals surface area contributed by atoms with Gasteiger partial charge in [0, 0.05) is 30.0 Å². The van der Waals surface area contributed by atoms with Crippen LogP contribution in [-0.2, 0) is 9.59 Å². The van der Waals surface area contributed by atoms with Gasteiger partial charge in [-0.2, -0.15) is 0 Å². The van der Waals surface area contributed by atoms with E-state index < -0.39 is 17.7 Å². The van der Waals surface area contributed by atoms with E-state index in [4.69, 9.17) is 23.2 Å². The highest BCUT2D eigenvalue weighted by molar-refractivity contribution is 6.52. The number of ketones is 1.